The first-order valence-corrected chi connectivity index (χ1v) is 13.0. The van der Waals surface area contributed by atoms with Crippen LogP contribution in [0.15, 0.2) is 42.7 Å². The minimum absolute atomic E-state index is 0.0377. The summed E-state index contributed by atoms with van der Waals surface area (Å²) in [6.45, 7) is 17.5. The van der Waals surface area contributed by atoms with Crippen LogP contribution in [-0.4, -0.2) is 21.4 Å². The molecule has 1 aromatic heterocycles. The van der Waals surface area contributed by atoms with Crippen LogP contribution >= 0.6 is 0 Å². The molecule has 188 valence electrons. The van der Waals surface area contributed by atoms with E-state index >= 15 is 0 Å². The molecule has 35 heavy (non-hydrogen) atoms. The molecule has 2 aliphatic carbocycles. The Balaban J connectivity index is 2.05. The lowest BCUT2D eigenvalue weighted by Gasteiger charge is -2.52. The Kier molecular flexibility index (Phi) is 6.22. The number of pyridine rings is 1. The first-order chi connectivity index (χ1) is 16.0. The lowest BCUT2D eigenvalue weighted by Crippen LogP contribution is -2.58. The van der Waals surface area contributed by atoms with Crippen molar-refractivity contribution in [3.05, 3.63) is 70.6 Å². The predicted octanol–water partition coefficient (Wildman–Crippen LogP) is 5.97. The van der Waals surface area contributed by atoms with Gasteiger partial charge in [0, 0.05) is 19.1 Å². The number of aliphatic hydroxyl groups is 1. The van der Waals surface area contributed by atoms with Gasteiger partial charge in [-0.3, -0.25) is 0 Å². The van der Waals surface area contributed by atoms with Crippen molar-refractivity contribution in [2.24, 2.45) is 24.3 Å². The van der Waals surface area contributed by atoms with E-state index in [1.165, 1.54) is 22.3 Å². The van der Waals surface area contributed by atoms with E-state index in [4.69, 9.17) is 0 Å². The largest absolute Gasteiger partial charge is 0.440 e. The highest BCUT2D eigenvalue weighted by atomic mass is 16.3. The van der Waals surface area contributed by atoms with Crippen molar-refractivity contribution in [1.82, 2.24) is 0 Å². The Labute approximate surface area is 212 Å². The minimum Gasteiger partial charge on any atom is -0.440 e. The van der Waals surface area contributed by atoms with Crippen molar-refractivity contribution in [3.8, 4) is 0 Å². The van der Waals surface area contributed by atoms with Crippen LogP contribution in [0.5, 0.6) is 0 Å². The van der Waals surface area contributed by atoms with E-state index in [9.17, 15) is 10.2 Å². The van der Waals surface area contributed by atoms with Crippen molar-refractivity contribution >= 4 is 17.7 Å². The van der Waals surface area contributed by atoms with Crippen LogP contribution in [0.1, 0.15) is 89.1 Å². The zero-order chi connectivity index (χ0) is 26.0. The Bertz CT molecular complexity index is 1170. The summed E-state index contributed by atoms with van der Waals surface area (Å²) in [6, 6.07) is 8.96. The van der Waals surface area contributed by atoms with Gasteiger partial charge in [-0.2, -0.15) is 0 Å². The molecule has 0 amide bonds. The highest BCUT2D eigenvalue weighted by Gasteiger charge is 2.58. The molecule has 1 aromatic carbocycles. The molecule has 1 heterocycles. The number of fused-ring (bicyclic) bond motifs is 4. The van der Waals surface area contributed by atoms with Gasteiger partial charge in [0.2, 0.25) is 0 Å². The van der Waals surface area contributed by atoms with Gasteiger partial charge in [0.05, 0.1) is 17.4 Å². The quantitative estimate of drug-likeness (QED) is 0.401. The third-order valence-corrected chi connectivity index (χ3v) is 8.85. The molecule has 0 saturated heterocycles. The van der Waals surface area contributed by atoms with E-state index in [1.807, 2.05) is 11.6 Å². The minimum atomic E-state index is -0.857. The molecule has 4 atom stereocenters. The summed E-state index contributed by atoms with van der Waals surface area (Å²) in [6.07, 6.45) is 12.1. The molecule has 4 rings (SSSR count). The van der Waals surface area contributed by atoms with Gasteiger partial charge in [0.1, 0.15) is 7.05 Å². The Morgan fingerprint density at radius 1 is 1.00 bits per heavy atom. The smallest absolute Gasteiger partial charge is 0.174 e. The van der Waals surface area contributed by atoms with Crippen molar-refractivity contribution in [1.29, 1.82) is 0 Å². The maximum atomic E-state index is 12.1. The average Bonchev–Trinajstić information content (AvgIpc) is 2.73. The molecule has 0 aliphatic heterocycles. The molecule has 0 spiro atoms. The fourth-order valence-corrected chi connectivity index (χ4v) is 5.76. The van der Waals surface area contributed by atoms with Gasteiger partial charge in [-0.15, -0.1) is 0 Å². The molecule has 1 fully saturated rings. The van der Waals surface area contributed by atoms with Crippen molar-refractivity contribution in [2.75, 3.05) is 0 Å². The maximum absolute atomic E-state index is 12.1. The van der Waals surface area contributed by atoms with Gasteiger partial charge < -0.3 is 10.2 Å². The van der Waals surface area contributed by atoms with Crippen LogP contribution in [0.2, 0.25) is 0 Å². The Morgan fingerprint density at radius 2 is 1.60 bits per heavy atom. The predicted molar refractivity (Wildman–Crippen MR) is 147 cm³/mol. The number of aromatic nitrogens is 1. The van der Waals surface area contributed by atoms with Crippen LogP contribution in [0.4, 0.5) is 0 Å². The SMILES string of the molecule is Cc1c2cc(C(C)(C)C)cc1/C=C(/c1cc[n+](C)cc1)C1CC(O)(C(C)(C)C)CC(/C=C\2)C1(C)[OH2+]. The summed E-state index contributed by atoms with van der Waals surface area (Å²) in [7, 11) is 2.03. The number of benzene rings is 1. The number of rotatable bonds is 1. The summed E-state index contributed by atoms with van der Waals surface area (Å²) in [4.78, 5) is 0. The zero-order valence-electron chi connectivity index (χ0n) is 23.2. The summed E-state index contributed by atoms with van der Waals surface area (Å²) >= 11 is 0. The van der Waals surface area contributed by atoms with Crippen LogP contribution in [0, 0.1) is 24.2 Å². The molecule has 4 bridgehead atoms. The highest BCUT2D eigenvalue weighted by Crippen LogP contribution is 2.55. The second-order valence-electron chi connectivity index (χ2n) is 13.4. The summed E-state index contributed by atoms with van der Waals surface area (Å²) in [5.74, 6) is -0.171. The monoisotopic (exact) mass is 475 g/mol. The summed E-state index contributed by atoms with van der Waals surface area (Å²) in [5.41, 5.74) is 5.46. The molecule has 0 radical (unpaired) electrons. The van der Waals surface area contributed by atoms with Gasteiger partial charge in [0.25, 0.3) is 0 Å². The summed E-state index contributed by atoms with van der Waals surface area (Å²) in [5, 5.41) is 21.7. The number of nitrogens with zero attached hydrogens (tertiary/aromatic N) is 1. The number of aryl methyl sites for hydroxylation is 1. The van der Waals surface area contributed by atoms with Gasteiger partial charge in [0.15, 0.2) is 18.0 Å². The third kappa shape index (κ3) is 4.66. The van der Waals surface area contributed by atoms with E-state index < -0.39 is 11.2 Å². The van der Waals surface area contributed by atoms with E-state index in [0.717, 1.165) is 11.1 Å². The highest BCUT2D eigenvalue weighted by molar-refractivity contribution is 5.85. The molecular formula is C32H45NO2+2. The molecule has 3 heteroatoms. The fraction of sp³-hybridized carbons (Fsp3) is 0.531. The first-order valence-electron chi connectivity index (χ1n) is 13.0. The molecule has 3 nitrogen and oxygen atoms in total. The summed E-state index contributed by atoms with van der Waals surface area (Å²) < 4.78 is 2.05. The lowest BCUT2D eigenvalue weighted by atomic mass is 9.55. The lowest BCUT2D eigenvalue weighted by molar-refractivity contribution is -0.671. The zero-order valence-corrected chi connectivity index (χ0v) is 23.2. The standard InChI is InChI=1S/C32H44NO2/c1-21-23-10-11-25-19-32(35,30(5,6)7)20-28(31(25,8)34)27(22-12-14-33(9)15-13-22)18-24(21)17-26(16-23)29(2,3)4/h10-18,25,28,34-35H,19-20H2,1-9H3/q+1/p+1/b11-10-,27-18-. The van der Waals surface area contributed by atoms with Crippen LogP contribution in [-0.2, 0) is 12.5 Å². The number of hydrogen-bond acceptors (Lipinski definition) is 1. The molecule has 1 saturated carbocycles. The molecular weight excluding hydrogens is 430 g/mol. The van der Waals surface area contributed by atoms with Gasteiger partial charge in [-0.25, -0.2) is 4.57 Å². The topological polar surface area (TPSA) is 47.0 Å². The van der Waals surface area contributed by atoms with Crippen molar-refractivity contribution in [3.63, 3.8) is 0 Å². The van der Waals surface area contributed by atoms with E-state index in [0.29, 0.717) is 12.8 Å². The van der Waals surface area contributed by atoms with E-state index in [2.05, 4.69) is 110 Å². The van der Waals surface area contributed by atoms with E-state index in [1.54, 1.807) is 0 Å². The Hall–Kier alpha value is -2.23. The molecule has 2 aliphatic rings. The van der Waals surface area contributed by atoms with Crippen LogP contribution < -0.4 is 4.57 Å². The molecule has 3 N–H and O–H groups in total. The van der Waals surface area contributed by atoms with Crippen molar-refractivity contribution in [2.45, 2.75) is 84.8 Å². The number of hydrogen-bond donors (Lipinski definition) is 1. The van der Waals surface area contributed by atoms with Gasteiger partial charge in [-0.05, 0) is 64.0 Å². The first kappa shape index (κ1) is 25.9. The van der Waals surface area contributed by atoms with E-state index in [-0.39, 0.29) is 22.7 Å². The molecule has 2 aromatic rings. The second-order valence-corrected chi connectivity index (χ2v) is 13.4. The Morgan fingerprint density at radius 3 is 2.17 bits per heavy atom. The van der Waals surface area contributed by atoms with Crippen molar-refractivity contribution < 1.29 is 14.8 Å². The normalized spacial score (nSPS) is 31.5. The molecule has 4 unspecified atom stereocenters. The van der Waals surface area contributed by atoms with Crippen LogP contribution in [0.25, 0.3) is 17.7 Å². The third-order valence-electron chi connectivity index (χ3n) is 8.85. The fourth-order valence-electron chi connectivity index (χ4n) is 5.76. The maximum Gasteiger partial charge on any atom is 0.174 e. The average molecular weight is 476 g/mol. The van der Waals surface area contributed by atoms with Gasteiger partial charge in [-0.1, -0.05) is 71.9 Å². The van der Waals surface area contributed by atoms with Crippen LogP contribution in [0.3, 0.4) is 0 Å². The second kappa shape index (κ2) is 8.42. The van der Waals surface area contributed by atoms with Gasteiger partial charge >= 0.3 is 0 Å².